The average molecular weight is 369 g/mol. The maximum Gasteiger partial charge on any atom is 0.415 e. The van der Waals surface area contributed by atoms with E-state index in [1.165, 1.54) is 25.1 Å². The molecule has 24 heavy (non-hydrogen) atoms. The van der Waals surface area contributed by atoms with Gasteiger partial charge in [-0.05, 0) is 13.0 Å². The van der Waals surface area contributed by atoms with E-state index in [0.717, 1.165) is 0 Å². The summed E-state index contributed by atoms with van der Waals surface area (Å²) in [5, 5.41) is 30.1. The van der Waals surface area contributed by atoms with E-state index in [1.807, 2.05) is 0 Å². The first-order chi connectivity index (χ1) is 11.3. The van der Waals surface area contributed by atoms with Crippen molar-refractivity contribution in [3.8, 4) is 6.19 Å². The number of guanidine groups is 1. The number of amides is 1. The number of rotatable bonds is 2. The van der Waals surface area contributed by atoms with Crippen molar-refractivity contribution in [1.29, 1.82) is 5.26 Å². The van der Waals surface area contributed by atoms with Gasteiger partial charge < -0.3 is 10.2 Å². The minimum absolute atomic E-state index is 0.0141. The zero-order chi connectivity index (χ0) is 18.0. The van der Waals surface area contributed by atoms with Gasteiger partial charge in [0.1, 0.15) is 6.04 Å². The third-order valence-corrected chi connectivity index (χ3v) is 4.14. The molecule has 3 N–H and O–H groups in total. The molecule has 0 spiro atoms. The molecule has 2 rings (SSSR count). The molecule has 0 fully saturated rings. The summed E-state index contributed by atoms with van der Waals surface area (Å²) < 4.78 is 0. The molecule has 1 aromatic carbocycles. The van der Waals surface area contributed by atoms with Crippen LogP contribution in [0.1, 0.15) is 18.5 Å². The molecule has 1 heterocycles. The van der Waals surface area contributed by atoms with Crippen LogP contribution in [0.4, 0.5) is 4.79 Å². The first-order valence-electron chi connectivity index (χ1n) is 6.43. The summed E-state index contributed by atoms with van der Waals surface area (Å²) in [4.78, 5) is 27.8. The number of carboxylic acids is 1. The predicted octanol–water partition coefficient (Wildman–Crippen LogP) is 2.81. The van der Waals surface area contributed by atoms with E-state index < -0.39 is 18.1 Å². The minimum atomic E-state index is -1.51. The quantitative estimate of drug-likeness (QED) is 0.544. The highest BCUT2D eigenvalue weighted by Crippen LogP contribution is 2.40. The van der Waals surface area contributed by atoms with Gasteiger partial charge in [-0.2, -0.15) is 5.26 Å². The fraction of sp³-hybridized carbons (Fsp3) is 0.143. The number of aliphatic imine (C=N–C) groups is 1. The van der Waals surface area contributed by atoms with Gasteiger partial charge >= 0.3 is 12.1 Å². The molecule has 0 saturated carbocycles. The first-order valence-corrected chi connectivity index (χ1v) is 7.19. The summed E-state index contributed by atoms with van der Waals surface area (Å²) in [6.07, 6.45) is 0.0597. The normalized spacial score (nSPS) is 17.2. The van der Waals surface area contributed by atoms with Crippen LogP contribution in [0.15, 0.2) is 34.5 Å². The number of hydrogen-bond acceptors (Lipinski definition) is 5. The lowest BCUT2D eigenvalue weighted by Crippen LogP contribution is -2.48. The SMILES string of the molecule is CC1=C(C(=O)O)C(c2cccc(Cl)c2Cl)N(C(=O)O)C(NC#N)=N1. The van der Waals surface area contributed by atoms with Crippen LogP contribution in [0.3, 0.4) is 0 Å². The predicted molar refractivity (Wildman–Crippen MR) is 85.6 cm³/mol. The molecular formula is C14H10Cl2N4O4. The number of halogens is 2. The number of hydrogen-bond donors (Lipinski definition) is 3. The van der Waals surface area contributed by atoms with Gasteiger partial charge in [0, 0.05) is 5.56 Å². The second kappa shape index (κ2) is 6.78. The maximum absolute atomic E-state index is 11.7. The van der Waals surface area contributed by atoms with E-state index in [2.05, 4.69) is 10.3 Å². The van der Waals surface area contributed by atoms with Crippen molar-refractivity contribution >= 4 is 41.2 Å². The fourth-order valence-corrected chi connectivity index (χ4v) is 2.77. The average Bonchev–Trinajstić information content (AvgIpc) is 2.49. The molecule has 124 valence electrons. The summed E-state index contributed by atoms with van der Waals surface area (Å²) in [5.74, 6) is -1.69. The van der Waals surface area contributed by atoms with Crippen molar-refractivity contribution in [1.82, 2.24) is 10.2 Å². The topological polar surface area (TPSA) is 126 Å². The Hall–Kier alpha value is -2.76. The van der Waals surface area contributed by atoms with Gasteiger partial charge in [-0.15, -0.1) is 0 Å². The Morgan fingerprint density at radius 2 is 2.04 bits per heavy atom. The van der Waals surface area contributed by atoms with E-state index in [-0.39, 0.29) is 32.8 Å². The van der Waals surface area contributed by atoms with Crippen molar-refractivity contribution in [2.75, 3.05) is 0 Å². The molecule has 1 aliphatic rings. The number of carboxylic acid groups (broad SMARTS) is 2. The van der Waals surface area contributed by atoms with E-state index >= 15 is 0 Å². The molecule has 10 heteroatoms. The van der Waals surface area contributed by atoms with E-state index in [4.69, 9.17) is 28.5 Å². The number of nitrogens with zero attached hydrogens (tertiary/aromatic N) is 3. The Morgan fingerprint density at radius 3 is 2.58 bits per heavy atom. The number of nitrogens with one attached hydrogen (secondary N) is 1. The summed E-state index contributed by atoms with van der Waals surface area (Å²) in [7, 11) is 0. The second-order valence-corrected chi connectivity index (χ2v) is 5.46. The van der Waals surface area contributed by atoms with Gasteiger partial charge in [0.25, 0.3) is 0 Å². The number of carbonyl (C=O) groups is 2. The molecule has 0 saturated heterocycles. The lowest BCUT2D eigenvalue weighted by molar-refractivity contribution is -0.133. The third-order valence-electron chi connectivity index (χ3n) is 3.30. The molecule has 1 aliphatic heterocycles. The Labute approximate surface area is 146 Å². The van der Waals surface area contributed by atoms with Gasteiger partial charge in [0.05, 0.1) is 21.3 Å². The lowest BCUT2D eigenvalue weighted by Gasteiger charge is -2.34. The standard InChI is InChI=1S/C14H10Cl2N4O4/c1-6-9(12(21)22)11(7-3-2-4-8(15)10(7)16)20(14(23)24)13(19-6)18-5-17/h2-4,11H,1H3,(H,18,19)(H,21,22)(H,23,24). The first kappa shape index (κ1) is 17.6. The molecule has 1 amide bonds. The van der Waals surface area contributed by atoms with Gasteiger partial charge in [-0.1, -0.05) is 35.3 Å². The fourth-order valence-electron chi connectivity index (χ4n) is 2.36. The molecular weight excluding hydrogens is 359 g/mol. The van der Waals surface area contributed by atoms with E-state index in [0.29, 0.717) is 4.90 Å². The third kappa shape index (κ3) is 2.99. The maximum atomic E-state index is 11.7. The van der Waals surface area contributed by atoms with Crippen molar-refractivity contribution in [2.24, 2.45) is 4.99 Å². The summed E-state index contributed by atoms with van der Waals surface area (Å²) in [6.45, 7) is 1.40. The van der Waals surface area contributed by atoms with Crippen molar-refractivity contribution in [3.63, 3.8) is 0 Å². The molecule has 8 nitrogen and oxygen atoms in total. The molecule has 0 radical (unpaired) electrons. The Morgan fingerprint density at radius 1 is 1.38 bits per heavy atom. The number of aliphatic carboxylic acids is 1. The van der Waals surface area contributed by atoms with E-state index in [9.17, 15) is 19.8 Å². The Balaban J connectivity index is 2.78. The van der Waals surface area contributed by atoms with Crippen molar-refractivity contribution in [2.45, 2.75) is 13.0 Å². The monoisotopic (exact) mass is 368 g/mol. The zero-order valence-electron chi connectivity index (χ0n) is 12.1. The summed E-state index contributed by atoms with van der Waals surface area (Å²) in [5.41, 5.74) is -0.0840. The summed E-state index contributed by atoms with van der Waals surface area (Å²) in [6, 6.07) is 3.14. The van der Waals surface area contributed by atoms with E-state index in [1.54, 1.807) is 6.19 Å². The van der Waals surface area contributed by atoms with Gasteiger partial charge in [0.2, 0.25) is 5.96 Å². The van der Waals surface area contributed by atoms with Gasteiger partial charge in [-0.3, -0.25) is 5.32 Å². The van der Waals surface area contributed by atoms with Crippen molar-refractivity contribution < 1.29 is 19.8 Å². The van der Waals surface area contributed by atoms with Crippen LogP contribution in [-0.2, 0) is 4.79 Å². The minimum Gasteiger partial charge on any atom is -0.478 e. The Kier molecular flexibility index (Phi) is 4.97. The largest absolute Gasteiger partial charge is 0.478 e. The smallest absolute Gasteiger partial charge is 0.415 e. The highest BCUT2D eigenvalue weighted by atomic mass is 35.5. The van der Waals surface area contributed by atoms with Crippen molar-refractivity contribution in [3.05, 3.63) is 45.1 Å². The number of nitriles is 1. The molecule has 1 unspecified atom stereocenters. The zero-order valence-corrected chi connectivity index (χ0v) is 13.6. The Bertz CT molecular complexity index is 829. The lowest BCUT2D eigenvalue weighted by atomic mass is 9.94. The van der Waals surface area contributed by atoms with Crippen LogP contribution >= 0.6 is 23.2 Å². The molecule has 1 atom stereocenters. The van der Waals surface area contributed by atoms with Crippen LogP contribution in [0.25, 0.3) is 0 Å². The second-order valence-electron chi connectivity index (χ2n) is 4.67. The molecule has 0 bridgehead atoms. The van der Waals surface area contributed by atoms with Gasteiger partial charge in [-0.25, -0.2) is 19.5 Å². The van der Waals surface area contributed by atoms with Crippen LogP contribution in [0.2, 0.25) is 10.0 Å². The van der Waals surface area contributed by atoms with Crippen LogP contribution in [0.5, 0.6) is 0 Å². The van der Waals surface area contributed by atoms with Crippen LogP contribution in [-0.4, -0.2) is 33.1 Å². The van der Waals surface area contributed by atoms with Crippen LogP contribution in [0, 0.1) is 11.5 Å². The molecule has 0 aliphatic carbocycles. The van der Waals surface area contributed by atoms with Gasteiger partial charge in [0.15, 0.2) is 6.19 Å². The number of allylic oxidation sites excluding steroid dienone is 1. The molecule has 0 aromatic heterocycles. The van der Waals surface area contributed by atoms with Crippen LogP contribution < -0.4 is 5.32 Å². The summed E-state index contributed by atoms with van der Waals surface area (Å²) >= 11 is 12.1. The highest BCUT2D eigenvalue weighted by molar-refractivity contribution is 6.42. The molecule has 1 aromatic rings. The highest BCUT2D eigenvalue weighted by Gasteiger charge is 2.40. The number of benzene rings is 1.